The van der Waals surface area contributed by atoms with Gasteiger partial charge in [0.25, 0.3) is 0 Å². The highest BCUT2D eigenvalue weighted by Crippen LogP contribution is 2.26. The molecule has 0 spiro atoms. The lowest BCUT2D eigenvalue weighted by molar-refractivity contribution is -0.165. The Kier molecular flexibility index (Phi) is 4.32. The fourth-order valence-corrected chi connectivity index (χ4v) is 2.10. The molecule has 2 unspecified atom stereocenters. The molecule has 88 valence electrons. The molecule has 0 radical (unpaired) electrons. The third-order valence-corrected chi connectivity index (χ3v) is 3.08. The number of ether oxygens (including phenoxy) is 1. The largest absolute Gasteiger partial charge is 0.394 e. The van der Waals surface area contributed by atoms with Crippen LogP contribution in [0.2, 0.25) is 0 Å². The Morgan fingerprint density at radius 1 is 1.40 bits per heavy atom. The van der Waals surface area contributed by atoms with E-state index in [1.807, 2.05) is 0 Å². The van der Waals surface area contributed by atoms with Crippen molar-refractivity contribution in [3.63, 3.8) is 0 Å². The highest BCUT2D eigenvalue weighted by molar-refractivity contribution is 8.14. The number of nitrogens with one attached hydrogen (secondary N) is 1. The summed E-state index contributed by atoms with van der Waals surface area (Å²) in [5, 5.41) is 34.7. The number of aliphatic hydroxyl groups is 3. The van der Waals surface area contributed by atoms with Crippen LogP contribution in [0.3, 0.4) is 0 Å². The number of aliphatic hydroxyl groups excluding tert-OH is 3. The van der Waals surface area contributed by atoms with Crippen LogP contribution in [0.5, 0.6) is 0 Å². The molecule has 0 aromatic carbocycles. The number of amidine groups is 1. The Hall–Kier alpha value is -0.380. The summed E-state index contributed by atoms with van der Waals surface area (Å²) in [6.07, 6.45) is -3.33. The van der Waals surface area contributed by atoms with Gasteiger partial charge in [-0.25, -0.2) is 0 Å². The Labute approximate surface area is 90.9 Å². The second-order valence-corrected chi connectivity index (χ2v) is 4.41. The highest BCUT2D eigenvalue weighted by atomic mass is 32.2. The first kappa shape index (κ1) is 12.7. The summed E-state index contributed by atoms with van der Waals surface area (Å²) in [5.41, 5.74) is 10.0. The van der Waals surface area contributed by atoms with E-state index in [0.717, 1.165) is 11.8 Å². The summed E-state index contributed by atoms with van der Waals surface area (Å²) in [5.74, 6) is 0. The molecule has 1 heterocycles. The standard InChI is InChI=1S/C7H15N3O4S/c8-3-5(13)4(12)2(1-11)14-6(3)15-7(9)10/h2-6,11-13H,1,8H2,(H3,9,10)/t2?,3?,4-,5-,6-/m0/s1. The van der Waals surface area contributed by atoms with Crippen LogP contribution >= 0.6 is 11.8 Å². The zero-order valence-electron chi connectivity index (χ0n) is 7.91. The lowest BCUT2D eigenvalue weighted by Crippen LogP contribution is -2.61. The van der Waals surface area contributed by atoms with Crippen molar-refractivity contribution < 1.29 is 20.1 Å². The lowest BCUT2D eigenvalue weighted by Gasteiger charge is -2.40. The molecule has 0 saturated carbocycles. The van der Waals surface area contributed by atoms with Crippen molar-refractivity contribution in [2.24, 2.45) is 11.5 Å². The maximum Gasteiger partial charge on any atom is 0.153 e. The molecule has 1 fully saturated rings. The van der Waals surface area contributed by atoms with Crippen LogP contribution in [-0.4, -0.2) is 56.9 Å². The monoisotopic (exact) mass is 237 g/mol. The number of hydrogen-bond acceptors (Lipinski definition) is 7. The average molecular weight is 237 g/mol. The molecule has 1 aliphatic heterocycles. The van der Waals surface area contributed by atoms with E-state index in [1.165, 1.54) is 0 Å². The SMILES string of the molecule is N=C(N)S[C@@H]1OC(CO)[C@H](O)[C@@H](O)C1N. The molecule has 8 N–H and O–H groups in total. The molecule has 1 saturated heterocycles. The van der Waals surface area contributed by atoms with Crippen LogP contribution in [0.15, 0.2) is 0 Å². The molecule has 0 aromatic heterocycles. The van der Waals surface area contributed by atoms with E-state index in [1.54, 1.807) is 0 Å². The normalized spacial score (nSPS) is 41.5. The Morgan fingerprint density at radius 3 is 2.47 bits per heavy atom. The molecule has 7 nitrogen and oxygen atoms in total. The first-order valence-corrected chi connectivity index (χ1v) is 5.24. The molecule has 0 aromatic rings. The fourth-order valence-electron chi connectivity index (χ4n) is 1.33. The summed E-state index contributed by atoms with van der Waals surface area (Å²) >= 11 is 0.840. The van der Waals surface area contributed by atoms with Crippen molar-refractivity contribution >= 4 is 16.9 Å². The van der Waals surface area contributed by atoms with E-state index in [2.05, 4.69) is 0 Å². The summed E-state index contributed by atoms with van der Waals surface area (Å²) in [7, 11) is 0. The third-order valence-electron chi connectivity index (χ3n) is 2.17. The maximum absolute atomic E-state index is 9.54. The topological polar surface area (TPSA) is 146 Å². The van der Waals surface area contributed by atoms with Gasteiger partial charge in [0.15, 0.2) is 5.17 Å². The van der Waals surface area contributed by atoms with Crippen LogP contribution in [-0.2, 0) is 4.74 Å². The molecule has 8 heteroatoms. The van der Waals surface area contributed by atoms with Crippen LogP contribution in [0, 0.1) is 5.41 Å². The van der Waals surface area contributed by atoms with Gasteiger partial charge in [0.1, 0.15) is 23.7 Å². The minimum atomic E-state index is -1.23. The fraction of sp³-hybridized carbons (Fsp3) is 0.857. The van der Waals surface area contributed by atoms with Crippen molar-refractivity contribution in [1.29, 1.82) is 5.41 Å². The van der Waals surface area contributed by atoms with Gasteiger partial charge in [-0.2, -0.15) is 0 Å². The summed E-state index contributed by atoms with van der Waals surface area (Å²) in [6, 6.07) is -0.850. The van der Waals surface area contributed by atoms with Gasteiger partial charge in [-0.1, -0.05) is 11.8 Å². The number of hydrogen-bond donors (Lipinski definition) is 6. The molecule has 1 aliphatic rings. The molecule has 5 atom stereocenters. The first-order valence-electron chi connectivity index (χ1n) is 4.36. The Balaban J connectivity index is 2.69. The van der Waals surface area contributed by atoms with E-state index in [9.17, 15) is 10.2 Å². The Bertz CT molecular complexity index is 240. The smallest absolute Gasteiger partial charge is 0.153 e. The molecule has 0 bridgehead atoms. The Morgan fingerprint density at radius 2 is 2.00 bits per heavy atom. The van der Waals surface area contributed by atoms with E-state index in [4.69, 9.17) is 26.7 Å². The van der Waals surface area contributed by atoms with Gasteiger partial charge in [0.2, 0.25) is 0 Å². The summed E-state index contributed by atoms with van der Waals surface area (Å²) in [4.78, 5) is 0. The number of thioether (sulfide) groups is 1. The molecular weight excluding hydrogens is 222 g/mol. The zero-order chi connectivity index (χ0) is 11.6. The molecule has 15 heavy (non-hydrogen) atoms. The molecule has 0 aliphatic carbocycles. The van der Waals surface area contributed by atoms with Crippen LogP contribution in [0.25, 0.3) is 0 Å². The average Bonchev–Trinajstić information content (AvgIpc) is 2.18. The predicted octanol–water partition coefficient (Wildman–Crippen LogP) is -2.62. The van der Waals surface area contributed by atoms with Gasteiger partial charge in [0, 0.05) is 0 Å². The van der Waals surface area contributed by atoms with Gasteiger partial charge in [0.05, 0.1) is 12.6 Å². The zero-order valence-corrected chi connectivity index (χ0v) is 8.72. The van der Waals surface area contributed by atoms with Crippen LogP contribution in [0.4, 0.5) is 0 Å². The van der Waals surface area contributed by atoms with E-state index in [0.29, 0.717) is 0 Å². The summed E-state index contributed by atoms with van der Waals surface area (Å²) in [6.45, 7) is -0.431. The van der Waals surface area contributed by atoms with E-state index < -0.39 is 36.4 Å². The van der Waals surface area contributed by atoms with Crippen molar-refractivity contribution in [3.8, 4) is 0 Å². The van der Waals surface area contributed by atoms with Crippen LogP contribution < -0.4 is 11.5 Å². The maximum atomic E-state index is 9.54. The number of rotatable bonds is 2. The summed E-state index contributed by atoms with van der Waals surface area (Å²) < 4.78 is 5.20. The van der Waals surface area contributed by atoms with Crippen molar-refractivity contribution in [1.82, 2.24) is 0 Å². The van der Waals surface area contributed by atoms with Gasteiger partial charge in [-0.05, 0) is 0 Å². The van der Waals surface area contributed by atoms with Crippen molar-refractivity contribution in [3.05, 3.63) is 0 Å². The molecule has 1 rings (SSSR count). The molecule has 0 amide bonds. The lowest BCUT2D eigenvalue weighted by atomic mass is 9.99. The second-order valence-electron chi connectivity index (χ2n) is 3.27. The quantitative estimate of drug-likeness (QED) is 0.228. The van der Waals surface area contributed by atoms with Gasteiger partial charge in [-0.15, -0.1) is 0 Å². The minimum Gasteiger partial charge on any atom is -0.394 e. The minimum absolute atomic E-state index is 0.198. The third kappa shape index (κ3) is 2.80. The van der Waals surface area contributed by atoms with Crippen molar-refractivity contribution in [2.75, 3.05) is 6.61 Å². The van der Waals surface area contributed by atoms with E-state index >= 15 is 0 Å². The number of nitrogens with two attached hydrogens (primary N) is 2. The predicted molar refractivity (Wildman–Crippen MR) is 55.2 cm³/mol. The van der Waals surface area contributed by atoms with Crippen molar-refractivity contribution in [2.45, 2.75) is 29.8 Å². The molecular formula is C7H15N3O4S. The first-order chi connectivity index (χ1) is 6.97. The second kappa shape index (κ2) is 5.10. The van der Waals surface area contributed by atoms with Gasteiger partial charge < -0.3 is 31.5 Å². The van der Waals surface area contributed by atoms with E-state index in [-0.39, 0.29) is 5.17 Å². The van der Waals surface area contributed by atoms with Gasteiger partial charge >= 0.3 is 0 Å². The van der Waals surface area contributed by atoms with Gasteiger partial charge in [-0.3, -0.25) is 5.41 Å². The van der Waals surface area contributed by atoms with Crippen LogP contribution in [0.1, 0.15) is 0 Å². The highest BCUT2D eigenvalue weighted by Gasteiger charge is 2.42.